The van der Waals surface area contributed by atoms with E-state index in [9.17, 15) is 4.79 Å². The fourth-order valence-corrected chi connectivity index (χ4v) is 2.57. The van der Waals surface area contributed by atoms with Crippen LogP contribution < -0.4 is 14.8 Å². The molecule has 1 atom stereocenters. The Morgan fingerprint density at radius 2 is 2.25 bits per heavy atom. The topological polar surface area (TPSA) is 76.6 Å². The SMILES string of the molecule is CCOc1ccccc1NC(=O)N1CCC(Oc2cnccn2)C1. The van der Waals surface area contributed by atoms with Gasteiger partial charge in [-0.2, -0.15) is 0 Å². The van der Waals surface area contributed by atoms with Crippen molar-refractivity contribution >= 4 is 11.7 Å². The maximum atomic E-state index is 12.4. The quantitative estimate of drug-likeness (QED) is 0.913. The number of likely N-dealkylation sites (tertiary alicyclic amines) is 1. The lowest BCUT2D eigenvalue weighted by Crippen LogP contribution is -2.34. The predicted molar refractivity (Wildman–Crippen MR) is 89.3 cm³/mol. The zero-order valence-corrected chi connectivity index (χ0v) is 13.5. The van der Waals surface area contributed by atoms with Gasteiger partial charge in [-0.1, -0.05) is 12.1 Å². The van der Waals surface area contributed by atoms with E-state index in [1.807, 2.05) is 31.2 Å². The number of nitrogens with zero attached hydrogens (tertiary/aromatic N) is 3. The van der Waals surface area contributed by atoms with E-state index in [4.69, 9.17) is 9.47 Å². The fraction of sp³-hybridized carbons (Fsp3) is 0.353. The first kappa shape index (κ1) is 16.0. The molecule has 3 rings (SSSR count). The number of hydrogen-bond acceptors (Lipinski definition) is 5. The number of amides is 2. The van der Waals surface area contributed by atoms with Gasteiger partial charge in [0.1, 0.15) is 11.9 Å². The Morgan fingerprint density at radius 3 is 3.04 bits per heavy atom. The molecule has 1 aliphatic rings. The highest BCUT2D eigenvalue weighted by molar-refractivity contribution is 5.91. The number of urea groups is 1. The summed E-state index contributed by atoms with van der Waals surface area (Å²) in [6.45, 7) is 3.60. The van der Waals surface area contributed by atoms with Crippen LogP contribution >= 0.6 is 0 Å². The molecule has 7 heteroatoms. The molecule has 0 radical (unpaired) electrons. The third kappa shape index (κ3) is 3.92. The average molecular weight is 328 g/mol. The number of aromatic nitrogens is 2. The normalized spacial score (nSPS) is 16.7. The Hall–Kier alpha value is -2.83. The standard InChI is InChI=1S/C17H20N4O3/c1-2-23-15-6-4-3-5-14(15)20-17(22)21-10-7-13(12-21)24-16-11-18-8-9-19-16/h3-6,8-9,11,13H,2,7,10,12H2,1H3,(H,20,22). The Morgan fingerprint density at radius 1 is 1.38 bits per heavy atom. The van der Waals surface area contributed by atoms with E-state index < -0.39 is 0 Å². The smallest absolute Gasteiger partial charge is 0.322 e. The van der Waals surface area contributed by atoms with E-state index in [0.717, 1.165) is 6.42 Å². The molecule has 1 aliphatic heterocycles. The average Bonchev–Trinajstić information content (AvgIpc) is 3.06. The molecule has 24 heavy (non-hydrogen) atoms. The maximum absolute atomic E-state index is 12.4. The molecule has 1 fully saturated rings. The minimum atomic E-state index is -0.160. The van der Waals surface area contributed by atoms with E-state index in [2.05, 4.69) is 15.3 Å². The first-order chi connectivity index (χ1) is 11.8. The van der Waals surface area contributed by atoms with Crippen molar-refractivity contribution in [1.29, 1.82) is 0 Å². The first-order valence-electron chi connectivity index (χ1n) is 7.96. The molecule has 1 unspecified atom stereocenters. The van der Waals surface area contributed by atoms with Crippen molar-refractivity contribution in [3.8, 4) is 11.6 Å². The molecule has 126 valence electrons. The molecule has 0 bridgehead atoms. The third-order valence-corrected chi connectivity index (χ3v) is 3.69. The van der Waals surface area contributed by atoms with Crippen molar-refractivity contribution in [3.05, 3.63) is 42.9 Å². The fourth-order valence-electron chi connectivity index (χ4n) is 2.57. The van der Waals surface area contributed by atoms with Crippen LogP contribution in [0.5, 0.6) is 11.6 Å². The molecule has 1 N–H and O–H groups in total. The van der Waals surface area contributed by atoms with Crippen LogP contribution in [0.1, 0.15) is 13.3 Å². The van der Waals surface area contributed by atoms with Crippen LogP contribution in [-0.2, 0) is 0 Å². The summed E-state index contributed by atoms with van der Waals surface area (Å²) < 4.78 is 11.3. The number of para-hydroxylation sites is 2. The summed E-state index contributed by atoms with van der Waals surface area (Å²) in [5, 5.41) is 2.90. The first-order valence-corrected chi connectivity index (χ1v) is 7.96. The molecule has 7 nitrogen and oxygen atoms in total. The van der Waals surface area contributed by atoms with Crippen LogP contribution in [0, 0.1) is 0 Å². The maximum Gasteiger partial charge on any atom is 0.322 e. The van der Waals surface area contributed by atoms with Crippen LogP contribution in [-0.4, -0.2) is 46.7 Å². The number of benzene rings is 1. The summed E-state index contributed by atoms with van der Waals surface area (Å²) in [6.07, 6.45) is 5.43. The number of ether oxygens (including phenoxy) is 2. The molecule has 0 saturated carbocycles. The number of carbonyl (C=O) groups is 1. The number of anilines is 1. The zero-order chi connectivity index (χ0) is 16.8. The van der Waals surface area contributed by atoms with Crippen molar-refractivity contribution in [3.63, 3.8) is 0 Å². The lowest BCUT2D eigenvalue weighted by Gasteiger charge is -2.19. The van der Waals surface area contributed by atoms with Crippen molar-refractivity contribution in [2.45, 2.75) is 19.4 Å². The highest BCUT2D eigenvalue weighted by atomic mass is 16.5. The summed E-state index contributed by atoms with van der Waals surface area (Å²) in [4.78, 5) is 22.2. The van der Waals surface area contributed by atoms with Crippen molar-refractivity contribution in [2.75, 3.05) is 25.0 Å². The Balaban J connectivity index is 1.57. The van der Waals surface area contributed by atoms with E-state index >= 15 is 0 Å². The van der Waals surface area contributed by atoms with Gasteiger partial charge in [0.25, 0.3) is 0 Å². The van der Waals surface area contributed by atoms with E-state index in [1.54, 1.807) is 23.5 Å². The van der Waals surface area contributed by atoms with Crippen LogP contribution in [0.15, 0.2) is 42.9 Å². The van der Waals surface area contributed by atoms with Gasteiger partial charge in [-0.15, -0.1) is 0 Å². The molecule has 1 aromatic carbocycles. The highest BCUT2D eigenvalue weighted by Gasteiger charge is 2.28. The lowest BCUT2D eigenvalue weighted by molar-refractivity contribution is 0.189. The summed E-state index contributed by atoms with van der Waals surface area (Å²) in [7, 11) is 0. The van der Waals surface area contributed by atoms with Gasteiger partial charge in [0, 0.05) is 25.4 Å². The van der Waals surface area contributed by atoms with Gasteiger partial charge in [-0.05, 0) is 19.1 Å². The number of rotatable bonds is 5. The Labute approximate surface area is 140 Å². The largest absolute Gasteiger partial charge is 0.492 e. The van der Waals surface area contributed by atoms with Crippen LogP contribution in [0.3, 0.4) is 0 Å². The molecule has 1 aromatic heterocycles. The van der Waals surface area contributed by atoms with Gasteiger partial charge in [0.15, 0.2) is 0 Å². The minimum absolute atomic E-state index is 0.0745. The third-order valence-electron chi connectivity index (χ3n) is 3.69. The lowest BCUT2D eigenvalue weighted by atomic mass is 10.3. The molecule has 1 saturated heterocycles. The Kier molecular flexibility index (Phi) is 5.10. The monoisotopic (exact) mass is 328 g/mol. The minimum Gasteiger partial charge on any atom is -0.492 e. The number of carbonyl (C=O) groups excluding carboxylic acids is 1. The van der Waals surface area contributed by atoms with Crippen LogP contribution in [0.4, 0.5) is 10.5 Å². The van der Waals surface area contributed by atoms with Crippen LogP contribution in [0.2, 0.25) is 0 Å². The predicted octanol–water partition coefficient (Wildman–Crippen LogP) is 2.56. The summed E-state index contributed by atoms with van der Waals surface area (Å²) in [6, 6.07) is 7.24. The molecular weight excluding hydrogens is 308 g/mol. The second-order valence-corrected chi connectivity index (χ2v) is 5.38. The van der Waals surface area contributed by atoms with Crippen LogP contribution in [0.25, 0.3) is 0 Å². The summed E-state index contributed by atoms with van der Waals surface area (Å²) >= 11 is 0. The zero-order valence-electron chi connectivity index (χ0n) is 13.5. The molecule has 0 spiro atoms. The second kappa shape index (κ2) is 7.63. The van der Waals surface area contributed by atoms with Crippen molar-refractivity contribution in [1.82, 2.24) is 14.9 Å². The second-order valence-electron chi connectivity index (χ2n) is 5.38. The van der Waals surface area contributed by atoms with Gasteiger partial charge in [0.05, 0.1) is 25.0 Å². The number of hydrogen-bond donors (Lipinski definition) is 1. The van der Waals surface area contributed by atoms with Gasteiger partial charge in [0.2, 0.25) is 5.88 Å². The number of nitrogens with one attached hydrogen (secondary N) is 1. The molecular formula is C17H20N4O3. The van der Waals surface area contributed by atoms with E-state index in [0.29, 0.717) is 37.0 Å². The highest BCUT2D eigenvalue weighted by Crippen LogP contribution is 2.25. The van der Waals surface area contributed by atoms with Crippen molar-refractivity contribution < 1.29 is 14.3 Å². The molecule has 2 heterocycles. The molecule has 2 aromatic rings. The Bertz CT molecular complexity index is 681. The molecule has 2 amide bonds. The summed E-state index contributed by atoms with van der Waals surface area (Å²) in [5.74, 6) is 1.14. The van der Waals surface area contributed by atoms with Gasteiger partial charge in [-0.3, -0.25) is 4.98 Å². The van der Waals surface area contributed by atoms with E-state index in [-0.39, 0.29) is 12.1 Å². The molecule has 0 aliphatic carbocycles. The van der Waals surface area contributed by atoms with Gasteiger partial charge < -0.3 is 19.7 Å². The van der Waals surface area contributed by atoms with Gasteiger partial charge >= 0.3 is 6.03 Å². The van der Waals surface area contributed by atoms with Crippen molar-refractivity contribution in [2.24, 2.45) is 0 Å². The van der Waals surface area contributed by atoms with Gasteiger partial charge in [-0.25, -0.2) is 9.78 Å². The summed E-state index contributed by atoms with van der Waals surface area (Å²) in [5.41, 5.74) is 0.669. The van der Waals surface area contributed by atoms with E-state index in [1.165, 1.54) is 0 Å².